The molecule has 5 nitrogen and oxygen atoms in total. The highest BCUT2D eigenvalue weighted by Gasteiger charge is 2.50. The highest BCUT2D eigenvalue weighted by molar-refractivity contribution is 7.99. The SMILES string of the molecule is Cc1nn(-c2ccccc2)c2c1C1c3cnn(-c4ccccc4)c3OC(C)(C)C1CS2. The van der Waals surface area contributed by atoms with Crippen LogP contribution in [0.3, 0.4) is 0 Å². The van der Waals surface area contributed by atoms with E-state index in [2.05, 4.69) is 61.9 Å². The van der Waals surface area contributed by atoms with Crippen molar-refractivity contribution in [3.63, 3.8) is 0 Å². The molecule has 2 aliphatic rings. The Labute approximate surface area is 186 Å². The maximum atomic E-state index is 6.62. The van der Waals surface area contributed by atoms with Crippen LogP contribution in [0.15, 0.2) is 71.9 Å². The normalized spacial score (nSPS) is 21.0. The highest BCUT2D eigenvalue weighted by atomic mass is 32.2. The Morgan fingerprint density at radius 3 is 2.29 bits per heavy atom. The molecule has 31 heavy (non-hydrogen) atoms. The van der Waals surface area contributed by atoms with E-state index in [1.165, 1.54) is 10.6 Å². The Kier molecular flexibility index (Phi) is 4.09. The number of ether oxygens (including phenoxy) is 1. The zero-order valence-electron chi connectivity index (χ0n) is 17.8. The molecule has 4 aromatic rings. The fourth-order valence-corrected chi connectivity index (χ4v) is 6.57. The molecule has 6 rings (SSSR count). The van der Waals surface area contributed by atoms with Gasteiger partial charge in [0.05, 0.1) is 23.3 Å². The Bertz CT molecular complexity index is 1260. The second-order valence-corrected chi connectivity index (χ2v) is 9.81. The van der Waals surface area contributed by atoms with Gasteiger partial charge in [-0.25, -0.2) is 9.36 Å². The molecule has 4 heterocycles. The third kappa shape index (κ3) is 2.78. The standard InChI is InChI=1S/C25H24N4OS/c1-16-21-22-19-14-26-28(17-10-6-4-7-11-17)23(19)30-25(2,3)20(22)15-31-24(21)29(27-16)18-12-8-5-9-13-18/h4-14,20,22H,15H2,1-3H3. The van der Waals surface area contributed by atoms with E-state index in [0.717, 1.165) is 34.3 Å². The first-order chi connectivity index (χ1) is 15.0. The number of thioether (sulfide) groups is 1. The summed E-state index contributed by atoms with van der Waals surface area (Å²) in [5.41, 5.74) is 5.36. The summed E-state index contributed by atoms with van der Waals surface area (Å²) in [6.07, 6.45) is 1.99. The van der Waals surface area contributed by atoms with Crippen LogP contribution in [-0.2, 0) is 0 Å². The summed E-state index contributed by atoms with van der Waals surface area (Å²) in [6, 6.07) is 20.6. The van der Waals surface area contributed by atoms with E-state index in [1.807, 2.05) is 46.9 Å². The topological polar surface area (TPSA) is 44.9 Å². The lowest BCUT2D eigenvalue weighted by Gasteiger charge is -2.45. The second-order valence-electron chi connectivity index (χ2n) is 8.80. The molecule has 0 N–H and O–H groups in total. The number of rotatable bonds is 2. The molecular weight excluding hydrogens is 404 g/mol. The van der Waals surface area contributed by atoms with Gasteiger partial charge in [0, 0.05) is 28.7 Å². The molecule has 156 valence electrons. The summed E-state index contributed by atoms with van der Waals surface area (Å²) in [4.78, 5) is 0. The minimum atomic E-state index is -0.309. The number of hydrogen-bond acceptors (Lipinski definition) is 4. The number of fused-ring (bicyclic) bond motifs is 5. The predicted molar refractivity (Wildman–Crippen MR) is 123 cm³/mol. The Balaban J connectivity index is 1.55. The van der Waals surface area contributed by atoms with Gasteiger partial charge < -0.3 is 4.74 Å². The van der Waals surface area contributed by atoms with Crippen molar-refractivity contribution in [3.05, 3.63) is 83.7 Å². The zero-order chi connectivity index (χ0) is 21.2. The van der Waals surface area contributed by atoms with Gasteiger partial charge in [-0.2, -0.15) is 10.2 Å². The van der Waals surface area contributed by atoms with Gasteiger partial charge in [-0.15, -0.1) is 11.8 Å². The number of aromatic nitrogens is 4. The molecule has 2 aliphatic heterocycles. The summed E-state index contributed by atoms with van der Waals surface area (Å²) < 4.78 is 10.7. The maximum absolute atomic E-state index is 6.62. The van der Waals surface area contributed by atoms with E-state index in [1.54, 1.807) is 0 Å². The van der Waals surface area contributed by atoms with Crippen molar-refractivity contribution in [3.8, 4) is 17.3 Å². The van der Waals surface area contributed by atoms with Gasteiger partial charge in [-0.3, -0.25) is 0 Å². The first kappa shape index (κ1) is 18.8. The number of hydrogen-bond donors (Lipinski definition) is 0. The van der Waals surface area contributed by atoms with Gasteiger partial charge in [-0.05, 0) is 45.0 Å². The molecule has 2 aromatic heterocycles. The summed E-state index contributed by atoms with van der Waals surface area (Å²) in [5.74, 6) is 2.39. The molecule has 0 saturated heterocycles. The molecule has 0 radical (unpaired) electrons. The molecule has 2 aromatic carbocycles. The Hall–Kier alpha value is -2.99. The van der Waals surface area contributed by atoms with E-state index in [4.69, 9.17) is 14.9 Å². The van der Waals surface area contributed by atoms with Crippen molar-refractivity contribution in [2.45, 2.75) is 37.3 Å². The van der Waals surface area contributed by atoms with E-state index in [-0.39, 0.29) is 11.5 Å². The van der Waals surface area contributed by atoms with Crippen LogP contribution in [0.1, 0.15) is 36.6 Å². The second kappa shape index (κ2) is 6.76. The van der Waals surface area contributed by atoms with Crippen molar-refractivity contribution < 1.29 is 4.74 Å². The number of benzene rings is 2. The van der Waals surface area contributed by atoms with Crippen LogP contribution < -0.4 is 4.74 Å². The number of aryl methyl sites for hydroxylation is 1. The van der Waals surface area contributed by atoms with Crippen molar-refractivity contribution in [2.75, 3.05) is 5.75 Å². The van der Waals surface area contributed by atoms with Crippen molar-refractivity contribution in [1.82, 2.24) is 19.6 Å². The lowest BCUT2D eigenvalue weighted by Crippen LogP contribution is -2.47. The molecule has 0 aliphatic carbocycles. The quantitative estimate of drug-likeness (QED) is 0.429. The summed E-state index contributed by atoms with van der Waals surface area (Å²) in [7, 11) is 0. The molecule has 0 bridgehead atoms. The average molecular weight is 429 g/mol. The van der Waals surface area contributed by atoms with Gasteiger partial charge in [0.2, 0.25) is 5.88 Å². The fraction of sp³-hybridized carbons (Fsp3) is 0.280. The largest absolute Gasteiger partial charge is 0.471 e. The van der Waals surface area contributed by atoms with Gasteiger partial charge in [-0.1, -0.05) is 36.4 Å². The van der Waals surface area contributed by atoms with Crippen LogP contribution >= 0.6 is 11.8 Å². The van der Waals surface area contributed by atoms with E-state index in [0.29, 0.717) is 5.92 Å². The molecule has 2 atom stereocenters. The summed E-state index contributed by atoms with van der Waals surface area (Å²) in [6.45, 7) is 6.54. The van der Waals surface area contributed by atoms with E-state index in [9.17, 15) is 0 Å². The number of para-hydroxylation sites is 2. The van der Waals surface area contributed by atoms with Crippen LogP contribution in [0.2, 0.25) is 0 Å². The first-order valence-electron chi connectivity index (χ1n) is 10.6. The number of nitrogens with zero attached hydrogens (tertiary/aromatic N) is 4. The Morgan fingerprint density at radius 2 is 1.61 bits per heavy atom. The molecule has 6 heteroatoms. The molecule has 0 fully saturated rings. The summed E-state index contributed by atoms with van der Waals surface area (Å²) in [5, 5.41) is 11.0. The molecular formula is C25H24N4OS. The smallest absolute Gasteiger partial charge is 0.221 e. The van der Waals surface area contributed by atoms with Crippen molar-refractivity contribution in [1.29, 1.82) is 0 Å². The van der Waals surface area contributed by atoms with Crippen LogP contribution in [0.5, 0.6) is 5.88 Å². The molecule has 2 unspecified atom stereocenters. The molecule has 0 amide bonds. The van der Waals surface area contributed by atoms with Gasteiger partial charge in [0.1, 0.15) is 10.6 Å². The molecule has 0 saturated carbocycles. The zero-order valence-corrected chi connectivity index (χ0v) is 18.6. The lowest BCUT2D eigenvalue weighted by atomic mass is 9.73. The van der Waals surface area contributed by atoms with E-state index < -0.39 is 0 Å². The van der Waals surface area contributed by atoms with Gasteiger partial charge in [0.25, 0.3) is 0 Å². The summed E-state index contributed by atoms with van der Waals surface area (Å²) >= 11 is 1.89. The third-order valence-electron chi connectivity index (χ3n) is 6.52. The van der Waals surface area contributed by atoms with E-state index >= 15 is 0 Å². The highest BCUT2D eigenvalue weighted by Crippen LogP contribution is 2.55. The van der Waals surface area contributed by atoms with Crippen LogP contribution in [0, 0.1) is 12.8 Å². The minimum Gasteiger partial charge on any atom is -0.471 e. The molecule has 0 spiro atoms. The predicted octanol–water partition coefficient (Wildman–Crippen LogP) is 5.39. The monoisotopic (exact) mass is 428 g/mol. The van der Waals surface area contributed by atoms with Crippen LogP contribution in [0.25, 0.3) is 11.4 Å². The van der Waals surface area contributed by atoms with Crippen LogP contribution in [0.4, 0.5) is 0 Å². The average Bonchev–Trinajstić information content (AvgIpc) is 3.35. The maximum Gasteiger partial charge on any atom is 0.221 e. The van der Waals surface area contributed by atoms with Crippen molar-refractivity contribution in [2.24, 2.45) is 5.92 Å². The first-order valence-corrected chi connectivity index (χ1v) is 11.6. The fourth-order valence-electron chi connectivity index (χ4n) is 4.94. The van der Waals surface area contributed by atoms with Crippen molar-refractivity contribution >= 4 is 11.8 Å². The lowest BCUT2D eigenvalue weighted by molar-refractivity contribution is 0.0199. The van der Waals surface area contributed by atoms with Gasteiger partial charge >= 0.3 is 0 Å². The minimum absolute atomic E-state index is 0.213. The van der Waals surface area contributed by atoms with Crippen LogP contribution in [-0.4, -0.2) is 30.9 Å². The van der Waals surface area contributed by atoms with Gasteiger partial charge in [0.15, 0.2) is 0 Å². The third-order valence-corrected chi connectivity index (χ3v) is 7.71. The Morgan fingerprint density at radius 1 is 0.968 bits per heavy atom.